The highest BCUT2D eigenvalue weighted by Gasteiger charge is 2.24. The molecule has 0 unspecified atom stereocenters. The molecule has 0 fully saturated rings. The van der Waals surface area contributed by atoms with Gasteiger partial charge in [0.2, 0.25) is 5.90 Å². The average molecular weight is 279 g/mol. The molecule has 0 atom stereocenters. The summed E-state index contributed by atoms with van der Waals surface area (Å²) in [7, 11) is 1.59. The second-order valence-electron chi connectivity index (χ2n) is 4.44. The molecule has 0 saturated heterocycles. The van der Waals surface area contributed by atoms with E-state index in [1.807, 2.05) is 54.6 Å². The van der Waals surface area contributed by atoms with Gasteiger partial charge >= 0.3 is 5.97 Å². The number of ether oxygens (including phenoxy) is 2. The molecule has 0 spiro atoms. The highest BCUT2D eigenvalue weighted by atomic mass is 16.6. The second kappa shape index (κ2) is 5.63. The lowest BCUT2D eigenvalue weighted by Gasteiger charge is -2.03. The molecule has 1 aliphatic rings. The number of hydrogen-bond acceptors (Lipinski definition) is 4. The summed E-state index contributed by atoms with van der Waals surface area (Å²) in [6.07, 6.45) is 1.66. The van der Waals surface area contributed by atoms with Crippen LogP contribution in [0.4, 0.5) is 0 Å². The zero-order valence-electron chi connectivity index (χ0n) is 11.4. The first kappa shape index (κ1) is 13.1. The third-order valence-corrected chi connectivity index (χ3v) is 3.07. The molecule has 2 aromatic rings. The Morgan fingerprint density at radius 2 is 1.76 bits per heavy atom. The van der Waals surface area contributed by atoms with E-state index in [2.05, 4.69) is 4.99 Å². The smallest absolute Gasteiger partial charge is 0.363 e. The minimum absolute atomic E-state index is 0.262. The van der Waals surface area contributed by atoms with E-state index < -0.39 is 5.97 Å². The van der Waals surface area contributed by atoms with Crippen LogP contribution < -0.4 is 4.74 Å². The van der Waals surface area contributed by atoms with Crippen LogP contribution in [-0.2, 0) is 9.53 Å². The summed E-state index contributed by atoms with van der Waals surface area (Å²) >= 11 is 0. The number of cyclic esters (lactones) is 1. The predicted octanol–water partition coefficient (Wildman–Crippen LogP) is 3.04. The lowest BCUT2D eigenvalue weighted by atomic mass is 10.1. The van der Waals surface area contributed by atoms with Gasteiger partial charge in [-0.15, -0.1) is 0 Å². The van der Waals surface area contributed by atoms with Crippen molar-refractivity contribution < 1.29 is 14.3 Å². The summed E-state index contributed by atoms with van der Waals surface area (Å²) in [4.78, 5) is 16.2. The molecule has 0 N–H and O–H groups in total. The number of carbonyl (C=O) groups excluding carboxylic acids is 1. The van der Waals surface area contributed by atoms with Crippen LogP contribution in [-0.4, -0.2) is 19.0 Å². The minimum Gasteiger partial charge on any atom is -0.496 e. The Morgan fingerprint density at radius 3 is 2.52 bits per heavy atom. The van der Waals surface area contributed by atoms with Crippen molar-refractivity contribution in [3.05, 3.63) is 71.4 Å². The number of para-hydroxylation sites is 1. The van der Waals surface area contributed by atoms with Gasteiger partial charge in [0.25, 0.3) is 0 Å². The van der Waals surface area contributed by atoms with Crippen LogP contribution in [0.1, 0.15) is 11.1 Å². The van der Waals surface area contributed by atoms with Gasteiger partial charge in [-0.25, -0.2) is 9.79 Å². The van der Waals surface area contributed by atoms with E-state index in [1.165, 1.54) is 0 Å². The van der Waals surface area contributed by atoms with Gasteiger partial charge in [-0.05, 0) is 24.3 Å². The van der Waals surface area contributed by atoms with Crippen molar-refractivity contribution >= 4 is 17.9 Å². The fourth-order valence-corrected chi connectivity index (χ4v) is 2.05. The number of aliphatic imine (C=N–C) groups is 1. The van der Waals surface area contributed by atoms with Crippen molar-refractivity contribution in [3.63, 3.8) is 0 Å². The summed E-state index contributed by atoms with van der Waals surface area (Å²) in [5.41, 5.74) is 1.82. The lowest BCUT2D eigenvalue weighted by molar-refractivity contribution is -0.129. The monoisotopic (exact) mass is 279 g/mol. The molecule has 21 heavy (non-hydrogen) atoms. The van der Waals surface area contributed by atoms with Crippen molar-refractivity contribution in [1.82, 2.24) is 0 Å². The normalized spacial score (nSPS) is 15.8. The van der Waals surface area contributed by atoms with Gasteiger partial charge < -0.3 is 9.47 Å². The molecule has 1 aliphatic heterocycles. The highest BCUT2D eigenvalue weighted by Crippen LogP contribution is 2.24. The maximum Gasteiger partial charge on any atom is 0.363 e. The van der Waals surface area contributed by atoms with Crippen LogP contribution >= 0.6 is 0 Å². The molecule has 0 aliphatic carbocycles. The third kappa shape index (κ3) is 2.69. The first-order chi connectivity index (χ1) is 10.3. The number of carbonyl (C=O) groups is 1. The van der Waals surface area contributed by atoms with E-state index in [-0.39, 0.29) is 5.70 Å². The van der Waals surface area contributed by atoms with E-state index in [0.29, 0.717) is 11.6 Å². The minimum atomic E-state index is -0.459. The van der Waals surface area contributed by atoms with E-state index in [0.717, 1.165) is 11.1 Å². The molecule has 0 radical (unpaired) electrons. The van der Waals surface area contributed by atoms with E-state index in [1.54, 1.807) is 13.2 Å². The van der Waals surface area contributed by atoms with Crippen LogP contribution in [0.3, 0.4) is 0 Å². The molecular weight excluding hydrogens is 266 g/mol. The molecule has 1 heterocycles. The zero-order chi connectivity index (χ0) is 14.7. The Morgan fingerprint density at radius 1 is 1.05 bits per heavy atom. The Balaban J connectivity index is 1.97. The zero-order valence-corrected chi connectivity index (χ0v) is 11.4. The van der Waals surface area contributed by atoms with Crippen LogP contribution in [0.5, 0.6) is 5.75 Å². The van der Waals surface area contributed by atoms with E-state index in [4.69, 9.17) is 9.47 Å². The summed E-state index contributed by atoms with van der Waals surface area (Å²) in [6, 6.07) is 16.7. The van der Waals surface area contributed by atoms with Crippen molar-refractivity contribution in [3.8, 4) is 5.75 Å². The molecule has 104 valence electrons. The number of nitrogens with zero attached hydrogens (tertiary/aromatic N) is 1. The largest absolute Gasteiger partial charge is 0.496 e. The van der Waals surface area contributed by atoms with Gasteiger partial charge in [0, 0.05) is 11.1 Å². The lowest BCUT2D eigenvalue weighted by Crippen LogP contribution is -2.04. The van der Waals surface area contributed by atoms with Crippen molar-refractivity contribution in [2.75, 3.05) is 7.11 Å². The van der Waals surface area contributed by atoms with Gasteiger partial charge in [-0.3, -0.25) is 0 Å². The van der Waals surface area contributed by atoms with Crippen LogP contribution in [0.25, 0.3) is 6.08 Å². The van der Waals surface area contributed by atoms with Gasteiger partial charge in [0.15, 0.2) is 5.70 Å². The summed E-state index contributed by atoms with van der Waals surface area (Å²) < 4.78 is 10.5. The Hall–Kier alpha value is -2.88. The average Bonchev–Trinajstić information content (AvgIpc) is 2.90. The Kier molecular flexibility index (Phi) is 3.51. The molecule has 0 saturated carbocycles. The number of benzene rings is 2. The molecule has 4 heteroatoms. The summed E-state index contributed by atoms with van der Waals surface area (Å²) in [6.45, 7) is 0. The molecule has 4 nitrogen and oxygen atoms in total. The SMILES string of the molecule is COc1ccccc1/C=C1\N=C(c2ccccc2)OC1=O. The third-order valence-electron chi connectivity index (χ3n) is 3.07. The molecule has 0 aromatic heterocycles. The highest BCUT2D eigenvalue weighted by molar-refractivity contribution is 6.12. The maximum atomic E-state index is 11.9. The maximum absolute atomic E-state index is 11.9. The number of rotatable bonds is 3. The molecule has 3 rings (SSSR count). The molecule has 0 amide bonds. The topological polar surface area (TPSA) is 47.9 Å². The van der Waals surface area contributed by atoms with Gasteiger partial charge in [0.1, 0.15) is 5.75 Å². The number of esters is 1. The summed E-state index contributed by atoms with van der Waals surface area (Å²) in [5.74, 6) is 0.544. The van der Waals surface area contributed by atoms with Gasteiger partial charge in [-0.1, -0.05) is 36.4 Å². The van der Waals surface area contributed by atoms with Gasteiger partial charge in [0.05, 0.1) is 7.11 Å². The van der Waals surface area contributed by atoms with Crippen molar-refractivity contribution in [1.29, 1.82) is 0 Å². The predicted molar refractivity (Wildman–Crippen MR) is 80.0 cm³/mol. The van der Waals surface area contributed by atoms with Crippen LogP contribution in [0.2, 0.25) is 0 Å². The number of hydrogen-bond donors (Lipinski definition) is 0. The quantitative estimate of drug-likeness (QED) is 0.641. The Labute approximate surface area is 122 Å². The first-order valence-corrected chi connectivity index (χ1v) is 6.49. The molecule has 2 aromatic carbocycles. The van der Waals surface area contributed by atoms with E-state index in [9.17, 15) is 4.79 Å². The molecular formula is C17H13NO3. The Bertz CT molecular complexity index is 733. The van der Waals surface area contributed by atoms with Crippen LogP contribution in [0.15, 0.2) is 65.3 Å². The van der Waals surface area contributed by atoms with Crippen molar-refractivity contribution in [2.24, 2.45) is 4.99 Å². The fourth-order valence-electron chi connectivity index (χ4n) is 2.05. The van der Waals surface area contributed by atoms with Gasteiger partial charge in [-0.2, -0.15) is 0 Å². The molecule has 0 bridgehead atoms. The second-order valence-corrected chi connectivity index (χ2v) is 4.44. The van der Waals surface area contributed by atoms with Crippen LogP contribution in [0, 0.1) is 0 Å². The fraction of sp³-hybridized carbons (Fsp3) is 0.0588. The van der Waals surface area contributed by atoms with E-state index >= 15 is 0 Å². The standard InChI is InChI=1S/C17H13NO3/c1-20-15-10-6-5-9-13(15)11-14-17(19)21-16(18-14)12-7-3-2-4-8-12/h2-11H,1H3/b14-11-. The first-order valence-electron chi connectivity index (χ1n) is 6.49. The number of methoxy groups -OCH3 is 1. The van der Waals surface area contributed by atoms with Crippen molar-refractivity contribution in [2.45, 2.75) is 0 Å². The summed E-state index contributed by atoms with van der Waals surface area (Å²) in [5, 5.41) is 0.